The lowest BCUT2D eigenvalue weighted by atomic mass is 9.72. The van der Waals surface area contributed by atoms with Crippen LogP contribution in [0.4, 0.5) is 11.4 Å². The van der Waals surface area contributed by atoms with Crippen LogP contribution in [-0.2, 0) is 9.59 Å². The van der Waals surface area contributed by atoms with E-state index in [4.69, 9.17) is 0 Å². The number of rotatable bonds is 5. The van der Waals surface area contributed by atoms with Gasteiger partial charge in [-0.15, -0.1) is 0 Å². The quantitative estimate of drug-likeness (QED) is 0.304. The van der Waals surface area contributed by atoms with Crippen molar-refractivity contribution in [2.24, 2.45) is 42.1 Å². The molecule has 0 atom stereocenters. The summed E-state index contributed by atoms with van der Waals surface area (Å²) < 4.78 is 0. The smallest absolute Gasteiger partial charge is 0.186 e. The summed E-state index contributed by atoms with van der Waals surface area (Å²) in [6.45, 7) is 24.7. The number of Topliss-reactive ketones (excluding diaryl/α,β-unsaturated/α-hetero) is 2. The van der Waals surface area contributed by atoms with Crippen LogP contribution in [0.15, 0.2) is 139 Å². The zero-order valence-corrected chi connectivity index (χ0v) is 30.7. The molecule has 0 aliphatic heterocycles. The Kier molecular flexibility index (Phi) is 10.2. The molecular formula is C42H50N4O2. The fraction of sp³-hybridized carbons (Fsp3) is 0.381. The molecule has 2 aromatic rings. The van der Waals surface area contributed by atoms with Crippen LogP contribution < -0.4 is 0 Å². The van der Waals surface area contributed by atoms with Gasteiger partial charge in [0.15, 0.2) is 11.6 Å². The van der Waals surface area contributed by atoms with Gasteiger partial charge in [0, 0.05) is 33.4 Å². The van der Waals surface area contributed by atoms with Crippen molar-refractivity contribution in [3.8, 4) is 11.1 Å². The van der Waals surface area contributed by atoms with Gasteiger partial charge in [0.05, 0.1) is 23.8 Å². The maximum atomic E-state index is 13.3. The van der Waals surface area contributed by atoms with Gasteiger partial charge in [-0.1, -0.05) is 119 Å². The van der Waals surface area contributed by atoms with Crippen LogP contribution in [-0.4, -0.2) is 11.6 Å². The zero-order chi connectivity index (χ0) is 35.7. The molecule has 0 N–H and O–H groups in total. The summed E-state index contributed by atoms with van der Waals surface area (Å²) in [6, 6.07) is 15.6. The Morgan fingerprint density at radius 3 is 0.979 bits per heavy atom. The fourth-order valence-electron chi connectivity index (χ4n) is 5.57. The first kappa shape index (κ1) is 36.3. The molecule has 0 saturated heterocycles. The van der Waals surface area contributed by atoms with Crippen molar-refractivity contribution in [3.05, 3.63) is 119 Å². The summed E-state index contributed by atoms with van der Waals surface area (Å²) in [5.41, 5.74) is 6.63. The van der Waals surface area contributed by atoms with Gasteiger partial charge in [0.1, 0.15) is 0 Å². The molecule has 2 aromatic carbocycles. The number of azo groups is 2. The van der Waals surface area contributed by atoms with E-state index in [2.05, 4.69) is 104 Å². The van der Waals surface area contributed by atoms with Crippen molar-refractivity contribution in [1.82, 2.24) is 0 Å². The molecule has 2 aliphatic carbocycles. The highest BCUT2D eigenvalue weighted by atomic mass is 16.1. The normalized spacial score (nSPS) is 16.7. The molecule has 0 aromatic heterocycles. The highest BCUT2D eigenvalue weighted by Gasteiger charge is 2.35. The largest absolute Gasteiger partial charge is 0.289 e. The average Bonchev–Trinajstić information content (AvgIpc) is 2.97. The molecule has 0 bridgehead atoms. The van der Waals surface area contributed by atoms with Crippen LogP contribution in [0.1, 0.15) is 83.1 Å². The number of carbonyl (C=O) groups is 2. The highest BCUT2D eigenvalue weighted by Crippen LogP contribution is 2.41. The van der Waals surface area contributed by atoms with Gasteiger partial charge >= 0.3 is 0 Å². The second-order valence-corrected chi connectivity index (χ2v) is 16.6. The van der Waals surface area contributed by atoms with E-state index in [0.29, 0.717) is 11.4 Å². The van der Waals surface area contributed by atoms with E-state index in [1.165, 1.54) is 0 Å². The molecule has 48 heavy (non-hydrogen) atoms. The molecule has 2 aliphatic rings. The summed E-state index contributed by atoms with van der Waals surface area (Å²) in [6.07, 6.45) is 11.1. The monoisotopic (exact) mass is 642 g/mol. The third kappa shape index (κ3) is 8.46. The molecule has 0 saturated carbocycles. The third-order valence-electron chi connectivity index (χ3n) is 8.30. The minimum atomic E-state index is -0.302. The predicted octanol–water partition coefficient (Wildman–Crippen LogP) is 12.3. The topological polar surface area (TPSA) is 83.6 Å². The molecule has 0 amide bonds. The van der Waals surface area contributed by atoms with Gasteiger partial charge in [-0.2, -0.15) is 20.5 Å². The molecule has 0 unspecified atom stereocenters. The summed E-state index contributed by atoms with van der Waals surface area (Å²) in [4.78, 5) is 26.6. The molecule has 0 spiro atoms. The van der Waals surface area contributed by atoms with Gasteiger partial charge in [0.25, 0.3) is 0 Å². The third-order valence-corrected chi connectivity index (χ3v) is 8.30. The van der Waals surface area contributed by atoms with Crippen molar-refractivity contribution in [1.29, 1.82) is 0 Å². The molecular weight excluding hydrogens is 592 g/mol. The van der Waals surface area contributed by atoms with E-state index in [-0.39, 0.29) is 33.2 Å². The number of benzene rings is 2. The Labute approximate surface area is 287 Å². The molecule has 0 heterocycles. The Morgan fingerprint density at radius 2 is 0.708 bits per heavy atom. The van der Waals surface area contributed by atoms with E-state index in [0.717, 1.165) is 44.6 Å². The Morgan fingerprint density at radius 1 is 0.438 bits per heavy atom. The highest BCUT2D eigenvalue weighted by molar-refractivity contribution is 6.12. The Balaban J connectivity index is 1.70. The molecule has 250 valence electrons. The van der Waals surface area contributed by atoms with E-state index in [1.807, 2.05) is 72.8 Å². The molecule has 0 radical (unpaired) electrons. The SMILES string of the molecule is CC(C)(C)C1=CC(=C/N=N/c2ccccc2-c2ccccc2/N=N/C=C2C=C(C(C)(C)C)C(=O)C(C(C)(C)C)=C2)C=C(C(C)(C)C)C1=O. The average molecular weight is 643 g/mol. The first-order valence-corrected chi connectivity index (χ1v) is 16.6. The van der Waals surface area contributed by atoms with E-state index < -0.39 is 0 Å². The van der Waals surface area contributed by atoms with E-state index in [9.17, 15) is 9.59 Å². The summed E-state index contributed by atoms with van der Waals surface area (Å²) in [7, 11) is 0. The zero-order valence-electron chi connectivity index (χ0n) is 30.7. The molecule has 0 fully saturated rings. The first-order valence-electron chi connectivity index (χ1n) is 16.6. The van der Waals surface area contributed by atoms with Crippen molar-refractivity contribution in [2.45, 2.75) is 83.1 Å². The maximum absolute atomic E-state index is 13.3. The summed E-state index contributed by atoms with van der Waals surface area (Å²) >= 11 is 0. The predicted molar refractivity (Wildman–Crippen MR) is 197 cm³/mol. The number of carbonyl (C=O) groups excluding carboxylic acids is 2. The van der Waals surface area contributed by atoms with Crippen LogP contribution >= 0.6 is 0 Å². The Hall–Kier alpha value is -4.58. The van der Waals surface area contributed by atoms with Crippen LogP contribution in [0.3, 0.4) is 0 Å². The van der Waals surface area contributed by atoms with Crippen molar-refractivity contribution < 1.29 is 9.59 Å². The second-order valence-electron chi connectivity index (χ2n) is 16.6. The standard InChI is InChI=1S/C42H50N4O2/c1-39(2,3)31-21-27(22-32(37(31)47)40(4,5)6)25-43-45-35-19-15-13-17-29(35)30-18-14-16-20-36(30)46-44-26-28-23-33(41(7,8)9)38(48)34(24-28)42(10,11)12/h13-26H,1-12H3/b45-43+,46-44+. The number of allylic oxidation sites excluding steroid dienone is 10. The van der Waals surface area contributed by atoms with Crippen LogP contribution in [0.5, 0.6) is 0 Å². The summed E-state index contributed by atoms with van der Waals surface area (Å²) in [5, 5.41) is 18.2. The lowest BCUT2D eigenvalue weighted by Gasteiger charge is -2.31. The molecule has 4 rings (SSSR count). The first-order chi connectivity index (χ1) is 22.2. The van der Waals surface area contributed by atoms with Gasteiger partial charge in [-0.3, -0.25) is 9.59 Å². The van der Waals surface area contributed by atoms with Crippen LogP contribution in [0.25, 0.3) is 11.1 Å². The molecule has 6 nitrogen and oxygen atoms in total. The lowest BCUT2D eigenvalue weighted by molar-refractivity contribution is -0.114. The minimum absolute atomic E-state index is 0.0872. The van der Waals surface area contributed by atoms with Crippen molar-refractivity contribution >= 4 is 22.9 Å². The van der Waals surface area contributed by atoms with Gasteiger partial charge in [-0.05, 0) is 69.2 Å². The van der Waals surface area contributed by atoms with Crippen molar-refractivity contribution in [3.63, 3.8) is 0 Å². The maximum Gasteiger partial charge on any atom is 0.186 e. The van der Waals surface area contributed by atoms with Crippen LogP contribution in [0.2, 0.25) is 0 Å². The number of hydrogen-bond acceptors (Lipinski definition) is 6. The van der Waals surface area contributed by atoms with Gasteiger partial charge < -0.3 is 0 Å². The Bertz CT molecular complexity index is 1650. The van der Waals surface area contributed by atoms with Crippen LogP contribution in [0, 0.1) is 21.7 Å². The van der Waals surface area contributed by atoms with E-state index in [1.54, 1.807) is 12.4 Å². The second kappa shape index (κ2) is 13.5. The number of nitrogens with zero attached hydrogens (tertiary/aromatic N) is 4. The number of hydrogen-bond donors (Lipinski definition) is 0. The van der Waals surface area contributed by atoms with Gasteiger partial charge in [-0.25, -0.2) is 0 Å². The summed E-state index contributed by atoms with van der Waals surface area (Å²) in [5.74, 6) is 0.174. The number of ketones is 2. The van der Waals surface area contributed by atoms with Crippen molar-refractivity contribution in [2.75, 3.05) is 0 Å². The minimum Gasteiger partial charge on any atom is -0.289 e. The lowest BCUT2D eigenvalue weighted by Crippen LogP contribution is -2.27. The fourth-order valence-corrected chi connectivity index (χ4v) is 5.57. The van der Waals surface area contributed by atoms with Gasteiger partial charge in [0.2, 0.25) is 0 Å². The molecule has 6 heteroatoms. The van der Waals surface area contributed by atoms with E-state index >= 15 is 0 Å².